The second-order valence-electron chi connectivity index (χ2n) is 14.0. The molecule has 1 N–H and O–H groups in total. The van der Waals surface area contributed by atoms with Crippen LogP contribution in [-0.2, 0) is 10.2 Å². The van der Waals surface area contributed by atoms with Crippen LogP contribution in [0.5, 0.6) is 11.5 Å². The van der Waals surface area contributed by atoms with Gasteiger partial charge < -0.3 is 19.7 Å². The largest absolute Gasteiger partial charge is 0.586 e. The number of carbonyl (C=O) groups is 2. The number of aromatic nitrogens is 1. The molecule has 3 saturated carbocycles. The highest BCUT2D eigenvalue weighted by molar-refractivity contribution is 6.01. The summed E-state index contributed by atoms with van der Waals surface area (Å²) in [6.07, 6.45) is 10.1. The van der Waals surface area contributed by atoms with E-state index < -0.39 is 11.7 Å². The molecule has 7 rings (SSSR count). The van der Waals surface area contributed by atoms with Gasteiger partial charge in [0.2, 0.25) is 5.91 Å². The number of ether oxygens (including phenoxy) is 2. The normalized spacial score (nSPS) is 23.1. The van der Waals surface area contributed by atoms with Gasteiger partial charge in [0.15, 0.2) is 11.5 Å². The lowest BCUT2D eigenvalue weighted by Crippen LogP contribution is -2.36. The highest BCUT2D eigenvalue weighted by atomic mass is 19.3. The first kappa shape index (κ1) is 31.6. The van der Waals surface area contributed by atoms with Gasteiger partial charge in [-0.1, -0.05) is 69.2 Å². The quantitative estimate of drug-likeness (QED) is 0.261. The molecule has 0 radical (unpaired) electrons. The van der Waals surface area contributed by atoms with E-state index in [2.05, 4.69) is 14.8 Å². The van der Waals surface area contributed by atoms with Crippen LogP contribution in [0.25, 0.3) is 11.3 Å². The molecule has 3 aromatic rings. The lowest BCUT2D eigenvalue weighted by Gasteiger charge is -2.30. The number of benzene rings is 2. The van der Waals surface area contributed by atoms with Crippen molar-refractivity contribution in [1.82, 2.24) is 9.88 Å². The maximum atomic E-state index is 13.8. The van der Waals surface area contributed by atoms with Crippen LogP contribution in [-0.4, -0.2) is 41.1 Å². The summed E-state index contributed by atoms with van der Waals surface area (Å²) in [6, 6.07) is 16.0. The molecule has 0 bridgehead atoms. The Hall–Kier alpha value is -4.01. The van der Waals surface area contributed by atoms with Gasteiger partial charge in [-0.2, -0.15) is 0 Å². The standard InChI is InChI=1S/C38H43F2N3O4/c1-24-14-19-33(42-36(45)37(20-21-37)29-16-18-31-32(23-29)47-38(39,40)46-31)41-34(24)27-11-6-12-28(22-27)35(44)43(2)30-13-7-10-26(15-17-30)25-8-4-3-5-9-25/h6,11-12,14,16,18-19,22-23,25-26,30H,3-5,7-10,13,15,17,20-21H2,1-2H3,(H,41,42,45). The number of nitrogens with zero attached hydrogens (tertiary/aromatic N) is 2. The maximum Gasteiger partial charge on any atom is 0.586 e. The van der Waals surface area contributed by atoms with Crippen molar-refractivity contribution in [3.8, 4) is 22.8 Å². The SMILES string of the molecule is Cc1ccc(NC(=O)C2(c3ccc4c(c3)OC(F)(F)O4)CC2)nc1-c1cccc(C(=O)N(C)C2CCCC(C3CCCCC3)CC2)c1. The lowest BCUT2D eigenvalue weighted by atomic mass is 9.77. The fourth-order valence-corrected chi connectivity index (χ4v) is 8.09. The van der Waals surface area contributed by atoms with E-state index in [1.165, 1.54) is 63.5 Å². The van der Waals surface area contributed by atoms with Gasteiger partial charge >= 0.3 is 6.29 Å². The Balaban J connectivity index is 1.04. The fraction of sp³-hybridized carbons (Fsp3) is 0.500. The van der Waals surface area contributed by atoms with Crippen molar-refractivity contribution in [2.45, 2.75) is 102 Å². The second-order valence-corrected chi connectivity index (χ2v) is 14.0. The molecule has 7 nitrogen and oxygen atoms in total. The van der Waals surface area contributed by atoms with Crippen molar-refractivity contribution < 1.29 is 27.8 Å². The predicted molar refractivity (Wildman–Crippen MR) is 176 cm³/mol. The number of aryl methyl sites for hydroxylation is 1. The van der Waals surface area contributed by atoms with E-state index in [0.29, 0.717) is 35.5 Å². The smallest absolute Gasteiger partial charge is 0.395 e. The van der Waals surface area contributed by atoms with Crippen LogP contribution < -0.4 is 14.8 Å². The highest BCUT2D eigenvalue weighted by Gasteiger charge is 2.53. The van der Waals surface area contributed by atoms with E-state index in [4.69, 9.17) is 4.98 Å². The Kier molecular flexibility index (Phi) is 8.43. The van der Waals surface area contributed by atoms with Crippen LogP contribution in [0.1, 0.15) is 98.5 Å². The van der Waals surface area contributed by atoms with E-state index in [1.54, 1.807) is 12.1 Å². The molecule has 3 fully saturated rings. The lowest BCUT2D eigenvalue weighted by molar-refractivity contribution is -0.286. The minimum atomic E-state index is -3.72. The Bertz CT molecular complexity index is 1670. The van der Waals surface area contributed by atoms with Gasteiger partial charge in [0, 0.05) is 24.2 Å². The van der Waals surface area contributed by atoms with Crippen molar-refractivity contribution in [2.75, 3.05) is 12.4 Å². The van der Waals surface area contributed by atoms with Gasteiger partial charge in [0.1, 0.15) is 5.82 Å². The van der Waals surface area contributed by atoms with Crippen molar-refractivity contribution in [1.29, 1.82) is 0 Å². The topological polar surface area (TPSA) is 80.8 Å². The molecule has 9 heteroatoms. The molecule has 2 unspecified atom stereocenters. The number of pyridine rings is 1. The molecular weight excluding hydrogens is 600 g/mol. The van der Waals surface area contributed by atoms with Crippen LogP contribution >= 0.6 is 0 Å². The summed E-state index contributed by atoms with van der Waals surface area (Å²) < 4.78 is 36.3. The molecule has 1 aliphatic heterocycles. The summed E-state index contributed by atoms with van der Waals surface area (Å²) in [5, 5.41) is 2.95. The van der Waals surface area contributed by atoms with E-state index in [0.717, 1.165) is 35.8 Å². The number of carbonyl (C=O) groups excluding carboxylic acids is 2. The molecule has 1 aromatic heterocycles. The zero-order chi connectivity index (χ0) is 32.8. The minimum Gasteiger partial charge on any atom is -0.395 e. The number of alkyl halides is 2. The average molecular weight is 644 g/mol. The fourth-order valence-electron chi connectivity index (χ4n) is 8.09. The number of anilines is 1. The number of hydrogen-bond acceptors (Lipinski definition) is 5. The van der Waals surface area contributed by atoms with Crippen LogP contribution in [0, 0.1) is 18.8 Å². The first-order chi connectivity index (χ1) is 22.6. The molecule has 2 aromatic carbocycles. The third-order valence-electron chi connectivity index (χ3n) is 11.0. The molecule has 47 heavy (non-hydrogen) atoms. The van der Waals surface area contributed by atoms with Crippen LogP contribution in [0.15, 0.2) is 54.6 Å². The monoisotopic (exact) mass is 643 g/mol. The van der Waals surface area contributed by atoms with E-state index in [1.807, 2.05) is 49.2 Å². The molecule has 2 amide bonds. The number of nitrogens with one attached hydrogen (secondary N) is 1. The van der Waals surface area contributed by atoms with E-state index in [-0.39, 0.29) is 29.4 Å². The number of hydrogen-bond donors (Lipinski definition) is 1. The first-order valence-corrected chi connectivity index (χ1v) is 17.2. The summed E-state index contributed by atoms with van der Waals surface area (Å²) in [4.78, 5) is 34.1. The summed E-state index contributed by atoms with van der Waals surface area (Å²) in [6.45, 7) is 1.95. The molecule has 0 saturated heterocycles. The summed E-state index contributed by atoms with van der Waals surface area (Å²) in [5.41, 5.74) is 2.76. The molecule has 2 heterocycles. The summed E-state index contributed by atoms with van der Waals surface area (Å²) in [5.74, 6) is 1.68. The molecule has 0 spiro atoms. The molecule has 2 atom stereocenters. The molecule has 248 valence electrons. The number of fused-ring (bicyclic) bond motifs is 1. The second kappa shape index (κ2) is 12.5. The highest BCUT2D eigenvalue weighted by Crippen LogP contribution is 2.52. The van der Waals surface area contributed by atoms with Gasteiger partial charge in [-0.05, 0) is 92.3 Å². The Morgan fingerprint density at radius 3 is 2.38 bits per heavy atom. The third-order valence-corrected chi connectivity index (χ3v) is 11.0. The van der Waals surface area contributed by atoms with E-state index >= 15 is 0 Å². The Morgan fingerprint density at radius 1 is 0.851 bits per heavy atom. The van der Waals surface area contributed by atoms with E-state index in [9.17, 15) is 18.4 Å². The van der Waals surface area contributed by atoms with Gasteiger partial charge in [-0.25, -0.2) is 4.98 Å². The Labute approximate surface area is 275 Å². The first-order valence-electron chi connectivity index (χ1n) is 17.2. The van der Waals surface area contributed by atoms with Crippen molar-refractivity contribution in [3.63, 3.8) is 0 Å². The van der Waals surface area contributed by atoms with Crippen molar-refractivity contribution in [3.05, 3.63) is 71.3 Å². The van der Waals surface area contributed by atoms with Gasteiger partial charge in [-0.3, -0.25) is 9.59 Å². The third kappa shape index (κ3) is 6.46. The molecule has 4 aliphatic rings. The summed E-state index contributed by atoms with van der Waals surface area (Å²) in [7, 11) is 1.94. The predicted octanol–water partition coefficient (Wildman–Crippen LogP) is 8.65. The zero-order valence-electron chi connectivity index (χ0n) is 27.2. The number of rotatable bonds is 7. The van der Waals surface area contributed by atoms with Gasteiger partial charge in [0.05, 0.1) is 11.1 Å². The van der Waals surface area contributed by atoms with Crippen LogP contribution in [0.2, 0.25) is 0 Å². The zero-order valence-corrected chi connectivity index (χ0v) is 27.2. The van der Waals surface area contributed by atoms with Crippen LogP contribution in [0.3, 0.4) is 0 Å². The number of halogens is 2. The Morgan fingerprint density at radius 2 is 1.60 bits per heavy atom. The molecule has 3 aliphatic carbocycles. The summed E-state index contributed by atoms with van der Waals surface area (Å²) >= 11 is 0. The maximum absolute atomic E-state index is 13.8. The van der Waals surface area contributed by atoms with Crippen molar-refractivity contribution >= 4 is 17.6 Å². The minimum absolute atomic E-state index is 0.0206. The van der Waals surface area contributed by atoms with Crippen molar-refractivity contribution in [2.24, 2.45) is 11.8 Å². The number of amides is 2. The van der Waals surface area contributed by atoms with Crippen LogP contribution in [0.4, 0.5) is 14.6 Å². The average Bonchev–Trinajstić information content (AvgIpc) is 3.87. The van der Waals surface area contributed by atoms with Gasteiger partial charge in [-0.15, -0.1) is 8.78 Å². The molecular formula is C38H43F2N3O4. The van der Waals surface area contributed by atoms with Gasteiger partial charge in [0.25, 0.3) is 5.91 Å².